The van der Waals surface area contributed by atoms with Crippen LogP contribution in [0.4, 0.5) is 0 Å². The van der Waals surface area contributed by atoms with Gasteiger partial charge in [0.1, 0.15) is 5.75 Å². The average molecular weight is 1390 g/mol. The molecule has 4 atom stereocenters. The van der Waals surface area contributed by atoms with Crippen LogP contribution in [0.25, 0.3) is 54.6 Å². The molecule has 0 fully saturated rings. The van der Waals surface area contributed by atoms with Crippen molar-refractivity contribution in [3.8, 4) is 28.0 Å². The van der Waals surface area contributed by atoms with Crippen LogP contribution in [0.1, 0.15) is 119 Å². The fraction of sp³-hybridized carbons (Fsp3) is 0.217. The summed E-state index contributed by atoms with van der Waals surface area (Å²) in [6, 6.07) is 85.6. The number of ether oxygens (including phenoxy) is 7. The Labute approximate surface area is 609 Å². The normalized spacial score (nSPS) is 17.6. The van der Waals surface area contributed by atoms with E-state index in [1.807, 2.05) is 224 Å². The minimum absolute atomic E-state index is 0.0115. The first-order valence-electron chi connectivity index (χ1n) is 36.3. The van der Waals surface area contributed by atoms with E-state index in [9.17, 15) is 0 Å². The summed E-state index contributed by atoms with van der Waals surface area (Å²) >= 11 is 0. The molecule has 2 aliphatic carbocycles. The van der Waals surface area contributed by atoms with Crippen molar-refractivity contribution < 1.29 is 61.9 Å². The maximum absolute atomic E-state index is 16.3. The van der Waals surface area contributed by atoms with Crippen molar-refractivity contribution in [3.63, 3.8) is 0 Å². The van der Waals surface area contributed by atoms with Crippen molar-refractivity contribution in [2.24, 2.45) is 0 Å². The third kappa shape index (κ3) is 14.5. The lowest BCUT2D eigenvalue weighted by Gasteiger charge is -2.53. The summed E-state index contributed by atoms with van der Waals surface area (Å²) in [5.74, 6) is -17.9. The first-order chi connectivity index (χ1) is 51.4. The van der Waals surface area contributed by atoms with E-state index in [1.165, 1.54) is 12.1 Å². The zero-order valence-electron chi connectivity index (χ0n) is 58.2. The maximum Gasteiger partial charge on any atom is 0.514 e. The Balaban J connectivity index is 0.918. The van der Waals surface area contributed by atoms with Crippen LogP contribution >= 0.6 is 0 Å². The third-order valence-electron chi connectivity index (χ3n) is 20.7. The standard InChI is InChI=1S/C92H78O13/c93-84(53-47-62-23-3-1-4-24-62)100-90(101-85(94)54-48-67-35-19-33-64-27-9-13-41-76(64)67)82-45-17-18-46-83(82)99-92(105-89(98)58-50-68-36-20-34-65-28-10-14-42-77(65)68,104-88(97)57-49-66-29-11-15-40-75(66)63-25-5-2-6-26-63)91(90,103-87(96)56-52-70-38-22-44-79-78-43-16-12-32-74(78)61-81(70)79)102-86(95)55-51-69-37-21-39-73-59-71-30-7-8-31-72(71)60-80(69)73/h1-19,21-33,35,37-46,59-60,68H,20,34,36,47-58,61H2. The molecule has 0 amide bonds. The summed E-state index contributed by atoms with van der Waals surface area (Å²) in [5, 5.41) is 5.47. The molecule has 524 valence electrons. The second-order valence-corrected chi connectivity index (χ2v) is 27.3. The molecule has 105 heavy (non-hydrogen) atoms. The second kappa shape index (κ2) is 30.5. The number of benzene rings is 12. The SMILES string of the molecule is O=C(CCc1ccccc1-c1ccccc1)OC1(OC(=O)CCC2CCCc3ccccc32)Oc2ccccc2C(OC(=O)CCc2ccccc2)(OC(=O)CCc2cccc3ccccc23)C1(OC(=O)CCc1cccc2c1Cc1ccccc1-2)OC(=O)CCc1cccc2cc3ccccc3cc12. The van der Waals surface area contributed by atoms with E-state index in [0.717, 1.165) is 124 Å². The van der Waals surface area contributed by atoms with Crippen molar-refractivity contribution in [1.82, 2.24) is 0 Å². The van der Waals surface area contributed by atoms with Crippen molar-refractivity contribution in [1.29, 1.82) is 0 Å². The van der Waals surface area contributed by atoms with Gasteiger partial charge in [-0.3, -0.25) is 28.8 Å². The first-order valence-corrected chi connectivity index (χ1v) is 36.3. The Morgan fingerprint density at radius 2 is 0.867 bits per heavy atom. The fourth-order valence-corrected chi connectivity index (χ4v) is 15.5. The molecule has 0 aromatic heterocycles. The quantitative estimate of drug-likeness (QED) is 0.0230. The molecular formula is C92H78O13. The summed E-state index contributed by atoms with van der Waals surface area (Å²) in [6.07, 6.45) is 0.731. The third-order valence-corrected chi connectivity index (χ3v) is 20.7. The molecule has 0 spiro atoms. The van der Waals surface area contributed by atoms with Gasteiger partial charge in [-0.05, 0) is 199 Å². The van der Waals surface area contributed by atoms with Crippen molar-refractivity contribution >= 4 is 68.1 Å². The zero-order chi connectivity index (χ0) is 71.7. The Morgan fingerprint density at radius 3 is 1.61 bits per heavy atom. The molecule has 12 aromatic rings. The lowest BCUT2D eigenvalue weighted by atomic mass is 9.80. The van der Waals surface area contributed by atoms with E-state index >= 15 is 28.8 Å². The molecule has 0 bridgehead atoms. The van der Waals surface area contributed by atoms with Crippen molar-refractivity contribution in [3.05, 3.63) is 329 Å². The number of fused-ring (bicyclic) bond motifs is 8. The van der Waals surface area contributed by atoms with Gasteiger partial charge in [0.2, 0.25) is 0 Å². The van der Waals surface area contributed by atoms with Crippen LogP contribution in [0, 0.1) is 0 Å². The minimum Gasteiger partial charge on any atom is -0.414 e. The number of rotatable bonds is 25. The summed E-state index contributed by atoms with van der Waals surface area (Å²) in [5.41, 5.74) is 11.5. The Morgan fingerprint density at radius 1 is 0.371 bits per heavy atom. The topological polar surface area (TPSA) is 167 Å². The van der Waals surface area contributed by atoms with Gasteiger partial charge in [0.05, 0.1) is 5.56 Å². The number of carbonyl (C=O) groups excluding carboxylic acids is 6. The number of aryl methyl sites for hydroxylation is 6. The molecule has 0 saturated heterocycles. The van der Waals surface area contributed by atoms with Crippen LogP contribution < -0.4 is 4.74 Å². The molecule has 1 heterocycles. The Kier molecular flexibility index (Phi) is 20.0. The number of esters is 6. The molecule has 3 aliphatic rings. The highest BCUT2D eigenvalue weighted by Gasteiger charge is 2.86. The molecule has 0 N–H and O–H groups in total. The lowest BCUT2D eigenvalue weighted by Crippen LogP contribution is -2.78. The summed E-state index contributed by atoms with van der Waals surface area (Å²) in [6.45, 7) is 0. The van der Waals surface area contributed by atoms with Crippen LogP contribution in [-0.2, 0) is 108 Å². The number of hydrogen-bond donors (Lipinski definition) is 0. The molecule has 15 rings (SSSR count). The number of carbonyl (C=O) groups is 6. The van der Waals surface area contributed by atoms with Gasteiger partial charge in [0.15, 0.2) is 0 Å². The molecule has 1 aliphatic heterocycles. The van der Waals surface area contributed by atoms with E-state index in [0.29, 0.717) is 6.42 Å². The van der Waals surface area contributed by atoms with E-state index < -0.39 is 85.5 Å². The molecule has 0 radical (unpaired) electrons. The predicted molar refractivity (Wildman–Crippen MR) is 402 cm³/mol. The van der Waals surface area contributed by atoms with Gasteiger partial charge in [-0.1, -0.05) is 249 Å². The maximum atomic E-state index is 16.3. The summed E-state index contributed by atoms with van der Waals surface area (Å²) in [4.78, 5) is 96.3. The van der Waals surface area contributed by atoms with Crippen molar-refractivity contribution in [2.45, 2.75) is 126 Å². The van der Waals surface area contributed by atoms with Crippen LogP contribution in [-0.4, -0.2) is 47.6 Å². The summed E-state index contributed by atoms with van der Waals surface area (Å²) in [7, 11) is 0. The Bertz CT molecular complexity index is 5250. The van der Waals surface area contributed by atoms with Gasteiger partial charge in [0.25, 0.3) is 0 Å². The highest BCUT2D eigenvalue weighted by molar-refractivity contribution is 6.00. The van der Waals surface area contributed by atoms with Gasteiger partial charge in [-0.2, -0.15) is 0 Å². The first kappa shape index (κ1) is 68.8. The molecule has 0 saturated carbocycles. The van der Waals surface area contributed by atoms with Gasteiger partial charge in [-0.25, -0.2) is 0 Å². The van der Waals surface area contributed by atoms with Crippen LogP contribution in [0.15, 0.2) is 273 Å². The van der Waals surface area contributed by atoms with Gasteiger partial charge in [0, 0.05) is 38.5 Å². The minimum atomic E-state index is -3.78. The fourth-order valence-electron chi connectivity index (χ4n) is 15.5. The monoisotopic (exact) mass is 1390 g/mol. The number of para-hydroxylation sites is 1. The van der Waals surface area contributed by atoms with Gasteiger partial charge in [-0.15, -0.1) is 0 Å². The van der Waals surface area contributed by atoms with E-state index in [4.69, 9.17) is 33.2 Å². The van der Waals surface area contributed by atoms with Gasteiger partial charge >= 0.3 is 53.4 Å². The van der Waals surface area contributed by atoms with E-state index in [1.54, 1.807) is 12.1 Å². The highest BCUT2D eigenvalue weighted by atomic mass is 17.0. The molecule has 12 aromatic carbocycles. The van der Waals surface area contributed by atoms with Crippen molar-refractivity contribution in [2.75, 3.05) is 0 Å². The Hall–Kier alpha value is -12.0. The molecular weight excluding hydrogens is 1310 g/mol. The van der Waals surface area contributed by atoms with Crippen LogP contribution in [0.2, 0.25) is 0 Å². The molecule has 13 heteroatoms. The second-order valence-electron chi connectivity index (χ2n) is 27.3. The predicted octanol–water partition coefficient (Wildman–Crippen LogP) is 18.6. The van der Waals surface area contributed by atoms with E-state index in [2.05, 4.69) is 24.3 Å². The highest BCUT2D eigenvalue weighted by Crippen LogP contribution is 2.58. The van der Waals surface area contributed by atoms with E-state index in [-0.39, 0.29) is 62.2 Å². The lowest BCUT2D eigenvalue weighted by molar-refractivity contribution is -0.504. The largest absolute Gasteiger partial charge is 0.514 e. The molecule has 13 nitrogen and oxygen atoms in total. The number of hydrogen-bond acceptors (Lipinski definition) is 13. The van der Waals surface area contributed by atoms with Crippen LogP contribution in [0.5, 0.6) is 5.75 Å². The van der Waals surface area contributed by atoms with Crippen LogP contribution in [0.3, 0.4) is 0 Å². The smallest absolute Gasteiger partial charge is 0.414 e. The zero-order valence-corrected chi connectivity index (χ0v) is 58.2. The molecule has 4 unspecified atom stereocenters. The average Bonchev–Trinajstić information content (AvgIpc) is 1.58. The summed E-state index contributed by atoms with van der Waals surface area (Å²) < 4.78 is 48.9. The van der Waals surface area contributed by atoms with Gasteiger partial charge < -0.3 is 33.2 Å².